The molecule has 0 aromatic carbocycles. The van der Waals surface area contributed by atoms with Crippen LogP contribution in [0.15, 0.2) is 12.2 Å². The van der Waals surface area contributed by atoms with Crippen LogP contribution in [0, 0.1) is 23.2 Å². The molecular weight excluding hydrogens is 144 g/mol. The van der Waals surface area contributed by atoms with Gasteiger partial charge in [0.1, 0.15) is 0 Å². The van der Waals surface area contributed by atoms with Crippen LogP contribution < -0.4 is 0 Å². The molecule has 0 nitrogen and oxygen atoms in total. The van der Waals surface area contributed by atoms with Crippen LogP contribution in [0.3, 0.4) is 0 Å². The summed E-state index contributed by atoms with van der Waals surface area (Å²) in [5, 5.41) is 0. The molecule has 0 radical (unpaired) electrons. The molecule has 1 saturated carbocycles. The first kappa shape index (κ1) is 9.83. The molecule has 0 aromatic rings. The first-order chi connectivity index (χ1) is 5.36. The maximum absolute atomic E-state index is 4.22. The minimum absolute atomic E-state index is 0.461. The van der Waals surface area contributed by atoms with E-state index in [-0.39, 0.29) is 0 Å². The van der Waals surface area contributed by atoms with E-state index in [0.717, 1.165) is 5.92 Å². The van der Waals surface area contributed by atoms with E-state index < -0.39 is 0 Å². The topological polar surface area (TPSA) is 0 Å². The van der Waals surface area contributed by atoms with Crippen molar-refractivity contribution in [3.8, 4) is 0 Å². The number of hydrogen-bond donors (Lipinski definition) is 0. The predicted molar refractivity (Wildman–Crippen MR) is 55.0 cm³/mol. The number of rotatable bonds is 0. The van der Waals surface area contributed by atoms with Gasteiger partial charge < -0.3 is 0 Å². The van der Waals surface area contributed by atoms with Gasteiger partial charge in [-0.1, -0.05) is 46.8 Å². The zero-order valence-electron chi connectivity index (χ0n) is 9.15. The molecule has 1 rings (SSSR count). The monoisotopic (exact) mass is 166 g/mol. The molecule has 12 heavy (non-hydrogen) atoms. The van der Waals surface area contributed by atoms with Crippen molar-refractivity contribution in [1.82, 2.24) is 0 Å². The lowest BCUT2D eigenvalue weighted by Crippen LogP contribution is -2.35. The maximum atomic E-state index is 4.22. The van der Waals surface area contributed by atoms with E-state index in [9.17, 15) is 0 Å². The Balaban J connectivity index is 2.85. The molecule has 0 aromatic heterocycles. The van der Waals surface area contributed by atoms with Gasteiger partial charge in [0, 0.05) is 0 Å². The van der Waals surface area contributed by atoms with Crippen molar-refractivity contribution >= 4 is 0 Å². The summed E-state index contributed by atoms with van der Waals surface area (Å²) in [5.74, 6) is 2.21. The van der Waals surface area contributed by atoms with E-state index in [1.54, 1.807) is 0 Å². The second-order valence-corrected chi connectivity index (χ2v) is 5.26. The Kier molecular flexibility index (Phi) is 2.38. The summed E-state index contributed by atoms with van der Waals surface area (Å²) in [6.45, 7) is 15.9. The Bertz CT molecular complexity index is 188. The molecular formula is C12H22. The molecule has 0 heterocycles. The highest BCUT2D eigenvalue weighted by Crippen LogP contribution is 2.47. The zero-order chi connectivity index (χ0) is 9.52. The third-order valence-electron chi connectivity index (χ3n) is 4.01. The molecule has 3 atom stereocenters. The van der Waals surface area contributed by atoms with Crippen LogP contribution in [0.25, 0.3) is 0 Å². The molecule has 70 valence electrons. The van der Waals surface area contributed by atoms with Crippen LogP contribution in [0.5, 0.6) is 0 Å². The third-order valence-corrected chi connectivity index (χ3v) is 4.01. The van der Waals surface area contributed by atoms with Crippen molar-refractivity contribution in [3.05, 3.63) is 12.2 Å². The Labute approximate surface area is 77.1 Å². The summed E-state index contributed by atoms with van der Waals surface area (Å²) < 4.78 is 0. The largest absolute Gasteiger partial charge is 0.0993 e. The highest BCUT2D eigenvalue weighted by atomic mass is 14.4. The minimum Gasteiger partial charge on any atom is -0.0993 e. The summed E-state index contributed by atoms with van der Waals surface area (Å²) in [4.78, 5) is 0. The number of allylic oxidation sites excluding steroid dienone is 1. The van der Waals surface area contributed by atoms with Crippen molar-refractivity contribution in [3.63, 3.8) is 0 Å². The van der Waals surface area contributed by atoms with Gasteiger partial charge >= 0.3 is 0 Å². The molecule has 0 spiro atoms. The minimum atomic E-state index is 0.461. The van der Waals surface area contributed by atoms with Gasteiger partial charge in [0.25, 0.3) is 0 Å². The highest BCUT2D eigenvalue weighted by Gasteiger charge is 2.38. The van der Waals surface area contributed by atoms with E-state index in [1.807, 2.05) is 0 Å². The van der Waals surface area contributed by atoms with Gasteiger partial charge in [-0.05, 0) is 29.6 Å². The smallest absolute Gasteiger partial charge is 0.0180 e. The fourth-order valence-corrected chi connectivity index (χ4v) is 2.45. The van der Waals surface area contributed by atoms with Crippen molar-refractivity contribution in [1.29, 1.82) is 0 Å². The lowest BCUT2D eigenvalue weighted by atomic mass is 9.60. The SMILES string of the molecule is C=C1C(C)C(C)CC(C)(C)C1C. The fourth-order valence-electron chi connectivity index (χ4n) is 2.45. The Morgan fingerprint density at radius 3 is 2.25 bits per heavy atom. The molecule has 0 heteroatoms. The summed E-state index contributed by atoms with van der Waals surface area (Å²) in [6.07, 6.45) is 1.34. The standard InChI is InChI=1S/C12H22/c1-8-7-12(5,6)11(4)10(3)9(8)2/h8-9,11H,3,7H2,1-2,4-6H3. The van der Waals surface area contributed by atoms with Crippen molar-refractivity contribution in [2.75, 3.05) is 0 Å². The molecule has 0 N–H and O–H groups in total. The molecule has 0 amide bonds. The molecule has 0 aliphatic heterocycles. The average Bonchev–Trinajstić information content (AvgIpc) is 1.97. The molecule has 0 bridgehead atoms. The van der Waals surface area contributed by atoms with Crippen LogP contribution in [0.2, 0.25) is 0 Å². The quantitative estimate of drug-likeness (QED) is 0.479. The van der Waals surface area contributed by atoms with Crippen LogP contribution in [0.4, 0.5) is 0 Å². The lowest BCUT2D eigenvalue weighted by molar-refractivity contribution is 0.131. The predicted octanol–water partition coefficient (Wildman–Crippen LogP) is 3.88. The van der Waals surface area contributed by atoms with E-state index in [0.29, 0.717) is 17.3 Å². The van der Waals surface area contributed by atoms with Crippen molar-refractivity contribution in [2.45, 2.75) is 41.0 Å². The van der Waals surface area contributed by atoms with Crippen molar-refractivity contribution in [2.24, 2.45) is 23.2 Å². The third kappa shape index (κ3) is 1.44. The molecule has 1 aliphatic carbocycles. The summed E-state index contributed by atoms with van der Waals surface area (Å²) >= 11 is 0. The summed E-state index contributed by atoms with van der Waals surface area (Å²) in [5.41, 5.74) is 1.92. The van der Waals surface area contributed by atoms with Gasteiger partial charge in [0.15, 0.2) is 0 Å². The lowest BCUT2D eigenvalue weighted by Gasteiger charge is -2.45. The Morgan fingerprint density at radius 2 is 1.75 bits per heavy atom. The molecule has 1 aliphatic rings. The zero-order valence-corrected chi connectivity index (χ0v) is 9.15. The fraction of sp³-hybridized carbons (Fsp3) is 0.833. The second kappa shape index (κ2) is 2.90. The number of hydrogen-bond acceptors (Lipinski definition) is 0. The van der Waals surface area contributed by atoms with Crippen molar-refractivity contribution < 1.29 is 0 Å². The van der Waals surface area contributed by atoms with E-state index in [2.05, 4.69) is 41.2 Å². The van der Waals surface area contributed by atoms with Crippen LogP contribution >= 0.6 is 0 Å². The van der Waals surface area contributed by atoms with Crippen LogP contribution in [0.1, 0.15) is 41.0 Å². The van der Waals surface area contributed by atoms with Crippen LogP contribution in [-0.2, 0) is 0 Å². The van der Waals surface area contributed by atoms with Gasteiger partial charge in [0.2, 0.25) is 0 Å². The van der Waals surface area contributed by atoms with Gasteiger partial charge in [-0.15, -0.1) is 0 Å². The average molecular weight is 166 g/mol. The molecule has 3 unspecified atom stereocenters. The van der Waals surface area contributed by atoms with Gasteiger partial charge in [-0.3, -0.25) is 0 Å². The molecule has 1 fully saturated rings. The first-order valence-electron chi connectivity index (χ1n) is 5.05. The van der Waals surface area contributed by atoms with E-state index in [1.165, 1.54) is 12.0 Å². The van der Waals surface area contributed by atoms with E-state index >= 15 is 0 Å². The molecule has 0 saturated heterocycles. The van der Waals surface area contributed by atoms with Crippen LogP contribution in [-0.4, -0.2) is 0 Å². The maximum Gasteiger partial charge on any atom is -0.0180 e. The second-order valence-electron chi connectivity index (χ2n) is 5.26. The van der Waals surface area contributed by atoms with E-state index in [4.69, 9.17) is 0 Å². The van der Waals surface area contributed by atoms with Gasteiger partial charge in [0.05, 0.1) is 0 Å². The summed E-state index contributed by atoms with van der Waals surface area (Å²) in [7, 11) is 0. The highest BCUT2D eigenvalue weighted by molar-refractivity contribution is 5.12. The normalized spacial score (nSPS) is 41.4. The van der Waals surface area contributed by atoms with Gasteiger partial charge in [-0.2, -0.15) is 0 Å². The summed E-state index contributed by atoms with van der Waals surface area (Å²) in [6, 6.07) is 0. The Hall–Kier alpha value is -0.260. The van der Waals surface area contributed by atoms with Gasteiger partial charge in [-0.25, -0.2) is 0 Å². The first-order valence-corrected chi connectivity index (χ1v) is 5.05. The Morgan fingerprint density at radius 1 is 1.25 bits per heavy atom.